The molecule has 0 radical (unpaired) electrons. The summed E-state index contributed by atoms with van der Waals surface area (Å²) in [6.45, 7) is 3.18. The molecule has 0 spiro atoms. The fraction of sp³-hybridized carbons (Fsp3) is 0.333. The second-order valence-corrected chi connectivity index (χ2v) is 0.762. The smallest absolute Gasteiger partial charge is 0.193 e. The molecule has 0 aliphatic rings. The molecule has 0 rings (SSSR count). The van der Waals surface area contributed by atoms with Crippen molar-refractivity contribution in [3.8, 4) is 0 Å². The summed E-state index contributed by atoms with van der Waals surface area (Å²) in [5.74, 6) is 4.46. The monoisotopic (exact) mass is 89.0 g/mol. The third kappa shape index (κ3) is 1.90. The summed E-state index contributed by atoms with van der Waals surface area (Å²) in [7, 11) is 0. The topological polar surface area (TPSA) is 55.5 Å². The Labute approximate surface area is 36.0 Å². The van der Waals surface area contributed by atoms with Gasteiger partial charge in [-0.15, -0.1) is 0 Å². The largest absolute Gasteiger partial charge is 0.363 e. The lowest BCUT2D eigenvalue weighted by Crippen LogP contribution is -2.12. The SMILES string of the molecule is C=CC(O)ON. The first kappa shape index (κ1) is 5.62. The second kappa shape index (κ2) is 2.84. The summed E-state index contributed by atoms with van der Waals surface area (Å²) in [4.78, 5) is 3.84. The van der Waals surface area contributed by atoms with Gasteiger partial charge >= 0.3 is 0 Å². The van der Waals surface area contributed by atoms with Gasteiger partial charge in [0.05, 0.1) is 0 Å². The molecule has 0 amide bonds. The van der Waals surface area contributed by atoms with Gasteiger partial charge in [0.25, 0.3) is 0 Å². The normalized spacial score (nSPS) is 13.7. The van der Waals surface area contributed by atoms with Crippen molar-refractivity contribution in [2.45, 2.75) is 6.29 Å². The summed E-state index contributed by atoms with van der Waals surface area (Å²) in [5, 5.41) is 8.20. The average molecular weight is 89.1 g/mol. The van der Waals surface area contributed by atoms with Gasteiger partial charge in [0, 0.05) is 0 Å². The van der Waals surface area contributed by atoms with Crippen LogP contribution in [0, 0.1) is 0 Å². The van der Waals surface area contributed by atoms with E-state index in [1.165, 1.54) is 6.08 Å². The lowest BCUT2D eigenvalue weighted by atomic mass is 10.6. The number of hydrogen-bond donors (Lipinski definition) is 2. The van der Waals surface area contributed by atoms with E-state index in [-0.39, 0.29) is 0 Å². The highest BCUT2D eigenvalue weighted by molar-refractivity contribution is 4.68. The van der Waals surface area contributed by atoms with Crippen LogP contribution in [0.5, 0.6) is 0 Å². The lowest BCUT2D eigenvalue weighted by Gasteiger charge is -1.95. The first-order valence-corrected chi connectivity index (χ1v) is 1.47. The van der Waals surface area contributed by atoms with Gasteiger partial charge in [-0.2, -0.15) is 0 Å². The summed E-state index contributed by atoms with van der Waals surface area (Å²) in [6, 6.07) is 0. The minimum absolute atomic E-state index is 1.02. The van der Waals surface area contributed by atoms with E-state index < -0.39 is 6.29 Å². The molecule has 6 heavy (non-hydrogen) atoms. The highest BCUT2D eigenvalue weighted by Gasteiger charge is 1.86. The molecule has 3 N–H and O–H groups in total. The van der Waals surface area contributed by atoms with Gasteiger partial charge in [0.2, 0.25) is 0 Å². The second-order valence-electron chi connectivity index (χ2n) is 0.762. The van der Waals surface area contributed by atoms with Crippen molar-refractivity contribution in [3.05, 3.63) is 12.7 Å². The predicted molar refractivity (Wildman–Crippen MR) is 21.5 cm³/mol. The summed E-state index contributed by atoms with van der Waals surface area (Å²) in [6.07, 6.45) is 0.157. The number of aliphatic hydroxyl groups is 1. The van der Waals surface area contributed by atoms with Crippen molar-refractivity contribution in [2.24, 2.45) is 5.90 Å². The Hall–Kier alpha value is -0.380. The van der Waals surface area contributed by atoms with E-state index in [0.717, 1.165) is 0 Å². The van der Waals surface area contributed by atoms with E-state index in [4.69, 9.17) is 5.11 Å². The molecule has 0 saturated heterocycles. The Morgan fingerprint density at radius 2 is 2.50 bits per heavy atom. The van der Waals surface area contributed by atoms with Crippen LogP contribution in [-0.4, -0.2) is 11.4 Å². The van der Waals surface area contributed by atoms with E-state index in [1.807, 2.05) is 0 Å². The van der Waals surface area contributed by atoms with Crippen LogP contribution in [0.15, 0.2) is 12.7 Å². The zero-order valence-corrected chi connectivity index (χ0v) is 3.29. The molecule has 3 heteroatoms. The van der Waals surface area contributed by atoms with Crippen LogP contribution in [0.3, 0.4) is 0 Å². The average Bonchev–Trinajstić information content (AvgIpc) is 1.65. The summed E-state index contributed by atoms with van der Waals surface area (Å²) >= 11 is 0. The fourth-order valence-electron chi connectivity index (χ4n) is 0.0556. The quantitative estimate of drug-likeness (QED) is 0.269. The number of rotatable bonds is 2. The first-order valence-electron chi connectivity index (χ1n) is 1.47. The molecule has 1 atom stereocenters. The first-order chi connectivity index (χ1) is 2.81. The van der Waals surface area contributed by atoms with Gasteiger partial charge in [0.15, 0.2) is 6.29 Å². The molecule has 0 bridgehead atoms. The Morgan fingerprint density at radius 1 is 2.00 bits per heavy atom. The third-order valence-electron chi connectivity index (χ3n) is 0.341. The molecule has 0 aromatic carbocycles. The van der Waals surface area contributed by atoms with Gasteiger partial charge in [-0.3, -0.25) is 4.84 Å². The molecular formula is C3H7NO2. The van der Waals surface area contributed by atoms with Crippen molar-refractivity contribution in [3.63, 3.8) is 0 Å². The van der Waals surface area contributed by atoms with E-state index >= 15 is 0 Å². The van der Waals surface area contributed by atoms with E-state index in [2.05, 4.69) is 17.3 Å². The highest BCUT2D eigenvalue weighted by Crippen LogP contribution is 1.75. The van der Waals surface area contributed by atoms with E-state index in [0.29, 0.717) is 0 Å². The number of hydrogen-bond acceptors (Lipinski definition) is 3. The molecule has 3 nitrogen and oxygen atoms in total. The number of aliphatic hydroxyl groups excluding tert-OH is 1. The van der Waals surface area contributed by atoms with E-state index in [9.17, 15) is 0 Å². The summed E-state index contributed by atoms with van der Waals surface area (Å²) < 4.78 is 0. The van der Waals surface area contributed by atoms with Crippen LogP contribution < -0.4 is 5.90 Å². The molecule has 1 unspecified atom stereocenters. The zero-order valence-electron chi connectivity index (χ0n) is 3.29. The maximum absolute atomic E-state index is 8.20. The van der Waals surface area contributed by atoms with Crippen molar-refractivity contribution < 1.29 is 9.94 Å². The molecule has 0 aromatic heterocycles. The van der Waals surface area contributed by atoms with Gasteiger partial charge < -0.3 is 5.11 Å². The van der Waals surface area contributed by atoms with Crippen LogP contribution >= 0.6 is 0 Å². The summed E-state index contributed by atoms with van der Waals surface area (Å²) in [5.41, 5.74) is 0. The molecule has 0 fully saturated rings. The molecule has 0 aliphatic heterocycles. The Balaban J connectivity index is 2.96. The van der Waals surface area contributed by atoms with Crippen molar-refractivity contribution in [1.82, 2.24) is 0 Å². The Kier molecular flexibility index (Phi) is 2.66. The zero-order chi connectivity index (χ0) is 4.99. The Bertz CT molecular complexity index is 46.1. The van der Waals surface area contributed by atoms with Crippen LogP contribution in [0.4, 0.5) is 0 Å². The third-order valence-corrected chi connectivity index (χ3v) is 0.341. The van der Waals surface area contributed by atoms with Crippen molar-refractivity contribution in [2.75, 3.05) is 0 Å². The van der Waals surface area contributed by atoms with Crippen LogP contribution in [0.1, 0.15) is 0 Å². The minimum atomic E-state index is -1.02. The number of nitrogens with two attached hydrogens (primary N) is 1. The highest BCUT2D eigenvalue weighted by atomic mass is 16.7. The maximum Gasteiger partial charge on any atom is 0.193 e. The molecule has 0 aliphatic carbocycles. The Morgan fingerprint density at radius 3 is 2.50 bits per heavy atom. The predicted octanol–water partition coefficient (Wildman–Crippen LogP) is -0.619. The van der Waals surface area contributed by atoms with Crippen LogP contribution in [0.2, 0.25) is 0 Å². The maximum atomic E-state index is 8.20. The molecule has 0 heterocycles. The fourth-order valence-corrected chi connectivity index (χ4v) is 0.0556. The van der Waals surface area contributed by atoms with Crippen LogP contribution in [0.25, 0.3) is 0 Å². The van der Waals surface area contributed by atoms with Crippen molar-refractivity contribution >= 4 is 0 Å². The standard InChI is InChI=1S/C3H7NO2/c1-2-3(5)6-4/h2-3,5H,1,4H2. The molecule has 0 saturated carbocycles. The minimum Gasteiger partial charge on any atom is -0.363 e. The van der Waals surface area contributed by atoms with Crippen LogP contribution in [-0.2, 0) is 4.84 Å². The molecule has 0 aromatic rings. The van der Waals surface area contributed by atoms with E-state index in [1.54, 1.807) is 0 Å². The van der Waals surface area contributed by atoms with Gasteiger partial charge in [-0.05, 0) is 6.08 Å². The van der Waals surface area contributed by atoms with Gasteiger partial charge in [-0.25, -0.2) is 5.90 Å². The lowest BCUT2D eigenvalue weighted by molar-refractivity contribution is -0.0659. The molecule has 36 valence electrons. The van der Waals surface area contributed by atoms with Gasteiger partial charge in [0.1, 0.15) is 0 Å². The van der Waals surface area contributed by atoms with Gasteiger partial charge in [-0.1, -0.05) is 6.58 Å². The molecular weight excluding hydrogens is 82.0 g/mol. The van der Waals surface area contributed by atoms with Crippen molar-refractivity contribution in [1.29, 1.82) is 0 Å².